The van der Waals surface area contributed by atoms with Crippen LogP contribution in [0.15, 0.2) is 30.3 Å². The minimum Gasteiger partial charge on any atom is -0.396 e. The van der Waals surface area contributed by atoms with Gasteiger partial charge in [0.15, 0.2) is 0 Å². The molecule has 1 aromatic carbocycles. The first kappa shape index (κ1) is 10.3. The highest BCUT2D eigenvalue weighted by Gasteiger charge is 2.05. The van der Waals surface area contributed by atoms with E-state index in [2.05, 4.69) is 31.2 Å². The van der Waals surface area contributed by atoms with Crippen LogP contribution in [0.2, 0.25) is 0 Å². The van der Waals surface area contributed by atoms with Gasteiger partial charge >= 0.3 is 0 Å². The largest absolute Gasteiger partial charge is 0.396 e. The maximum Gasteiger partial charge on any atom is 0.0433 e. The fourth-order valence-electron chi connectivity index (χ4n) is 1.58. The predicted octanol–water partition coefficient (Wildman–Crippen LogP) is 2.64. The van der Waals surface area contributed by atoms with Crippen molar-refractivity contribution >= 4 is 0 Å². The molecule has 1 unspecified atom stereocenters. The second-order valence-corrected chi connectivity index (χ2v) is 3.48. The van der Waals surface area contributed by atoms with Gasteiger partial charge in [-0.2, -0.15) is 0 Å². The van der Waals surface area contributed by atoms with Gasteiger partial charge < -0.3 is 5.11 Å². The van der Waals surface area contributed by atoms with Crippen LogP contribution in [0.1, 0.15) is 25.3 Å². The number of rotatable bonds is 5. The lowest BCUT2D eigenvalue weighted by molar-refractivity contribution is 0.254. The Hall–Kier alpha value is -0.820. The standard InChI is InChI=1S/C12H18O/c1-2-11(8-9-13)10-12-6-4-3-5-7-12/h3-7,11,13H,2,8-10H2,1H3. The van der Waals surface area contributed by atoms with E-state index in [-0.39, 0.29) is 0 Å². The molecule has 0 fully saturated rings. The molecule has 1 atom stereocenters. The van der Waals surface area contributed by atoms with Gasteiger partial charge in [0.05, 0.1) is 0 Å². The first-order chi connectivity index (χ1) is 6.36. The van der Waals surface area contributed by atoms with Crippen LogP contribution in [0.4, 0.5) is 0 Å². The Kier molecular flexibility index (Phi) is 4.55. The smallest absolute Gasteiger partial charge is 0.0433 e. The lowest BCUT2D eigenvalue weighted by Crippen LogP contribution is -2.05. The van der Waals surface area contributed by atoms with E-state index in [1.54, 1.807) is 0 Å². The molecule has 1 rings (SSSR count). The molecule has 0 radical (unpaired) electrons. The Morgan fingerprint density at radius 1 is 1.23 bits per heavy atom. The molecule has 1 N–H and O–H groups in total. The number of hydrogen-bond donors (Lipinski definition) is 1. The van der Waals surface area contributed by atoms with Gasteiger partial charge in [-0.15, -0.1) is 0 Å². The van der Waals surface area contributed by atoms with Crippen LogP contribution in [0.25, 0.3) is 0 Å². The molecule has 0 aliphatic carbocycles. The molecule has 0 saturated heterocycles. The van der Waals surface area contributed by atoms with Crippen LogP contribution in [-0.4, -0.2) is 11.7 Å². The molecule has 0 aliphatic rings. The van der Waals surface area contributed by atoms with E-state index in [0.29, 0.717) is 12.5 Å². The zero-order chi connectivity index (χ0) is 9.52. The Labute approximate surface area is 80.4 Å². The van der Waals surface area contributed by atoms with Crippen molar-refractivity contribution in [1.29, 1.82) is 0 Å². The van der Waals surface area contributed by atoms with Crippen molar-refractivity contribution in [2.75, 3.05) is 6.61 Å². The van der Waals surface area contributed by atoms with Crippen molar-refractivity contribution < 1.29 is 5.11 Å². The monoisotopic (exact) mass is 178 g/mol. The van der Waals surface area contributed by atoms with Crippen molar-refractivity contribution in [3.05, 3.63) is 35.9 Å². The summed E-state index contributed by atoms with van der Waals surface area (Å²) in [6.07, 6.45) is 3.17. The maximum atomic E-state index is 8.85. The molecule has 72 valence electrons. The summed E-state index contributed by atoms with van der Waals surface area (Å²) in [5.74, 6) is 0.632. The van der Waals surface area contributed by atoms with Crippen molar-refractivity contribution in [2.24, 2.45) is 5.92 Å². The van der Waals surface area contributed by atoms with Crippen molar-refractivity contribution in [1.82, 2.24) is 0 Å². The summed E-state index contributed by atoms with van der Waals surface area (Å²) in [6.45, 7) is 2.49. The third-order valence-electron chi connectivity index (χ3n) is 2.48. The summed E-state index contributed by atoms with van der Waals surface area (Å²) < 4.78 is 0. The molecule has 1 heteroatoms. The molecule has 0 aliphatic heterocycles. The summed E-state index contributed by atoms with van der Waals surface area (Å²) in [7, 11) is 0. The molecule has 0 amide bonds. The molecule has 0 bridgehead atoms. The molecular formula is C12H18O. The molecule has 0 aromatic heterocycles. The third kappa shape index (κ3) is 3.60. The molecule has 0 saturated carbocycles. The van der Waals surface area contributed by atoms with Crippen molar-refractivity contribution in [3.63, 3.8) is 0 Å². The molecule has 0 heterocycles. The van der Waals surface area contributed by atoms with E-state index < -0.39 is 0 Å². The second kappa shape index (κ2) is 5.76. The first-order valence-electron chi connectivity index (χ1n) is 5.01. The summed E-state index contributed by atoms with van der Waals surface area (Å²) >= 11 is 0. The van der Waals surface area contributed by atoms with Crippen LogP contribution in [0.5, 0.6) is 0 Å². The molecule has 0 spiro atoms. The summed E-state index contributed by atoms with van der Waals surface area (Å²) in [6, 6.07) is 10.5. The number of aliphatic hydroxyl groups excluding tert-OH is 1. The second-order valence-electron chi connectivity index (χ2n) is 3.48. The zero-order valence-corrected chi connectivity index (χ0v) is 8.24. The Balaban J connectivity index is 2.46. The van der Waals surface area contributed by atoms with Gasteiger partial charge in [0.25, 0.3) is 0 Å². The average Bonchev–Trinajstić information content (AvgIpc) is 2.19. The van der Waals surface area contributed by atoms with Crippen LogP contribution in [0, 0.1) is 5.92 Å². The molecular weight excluding hydrogens is 160 g/mol. The Bertz CT molecular complexity index is 218. The van der Waals surface area contributed by atoms with Gasteiger partial charge in [0.2, 0.25) is 0 Å². The van der Waals surface area contributed by atoms with Crippen LogP contribution in [0.3, 0.4) is 0 Å². The topological polar surface area (TPSA) is 20.2 Å². The summed E-state index contributed by atoms with van der Waals surface area (Å²) in [5.41, 5.74) is 1.38. The quantitative estimate of drug-likeness (QED) is 0.735. The highest BCUT2D eigenvalue weighted by Crippen LogP contribution is 2.14. The van der Waals surface area contributed by atoms with Gasteiger partial charge in [-0.1, -0.05) is 43.7 Å². The van der Waals surface area contributed by atoms with Gasteiger partial charge in [-0.3, -0.25) is 0 Å². The van der Waals surface area contributed by atoms with Crippen LogP contribution in [-0.2, 0) is 6.42 Å². The number of aliphatic hydroxyl groups is 1. The van der Waals surface area contributed by atoms with E-state index in [9.17, 15) is 0 Å². The van der Waals surface area contributed by atoms with Crippen LogP contribution < -0.4 is 0 Å². The number of hydrogen-bond acceptors (Lipinski definition) is 1. The summed E-state index contributed by atoms with van der Waals surface area (Å²) in [4.78, 5) is 0. The lowest BCUT2D eigenvalue weighted by atomic mass is 9.94. The van der Waals surface area contributed by atoms with Gasteiger partial charge in [0.1, 0.15) is 0 Å². The Morgan fingerprint density at radius 3 is 2.46 bits per heavy atom. The van der Waals surface area contributed by atoms with E-state index in [4.69, 9.17) is 5.11 Å². The third-order valence-corrected chi connectivity index (χ3v) is 2.48. The van der Waals surface area contributed by atoms with Gasteiger partial charge in [0, 0.05) is 6.61 Å². The Morgan fingerprint density at radius 2 is 1.92 bits per heavy atom. The fraction of sp³-hybridized carbons (Fsp3) is 0.500. The van der Waals surface area contributed by atoms with E-state index in [1.165, 1.54) is 5.56 Å². The first-order valence-corrected chi connectivity index (χ1v) is 5.01. The zero-order valence-electron chi connectivity index (χ0n) is 8.24. The lowest BCUT2D eigenvalue weighted by Gasteiger charge is -2.12. The molecule has 1 nitrogen and oxygen atoms in total. The van der Waals surface area contributed by atoms with Gasteiger partial charge in [-0.25, -0.2) is 0 Å². The minimum atomic E-state index is 0.311. The normalized spacial score (nSPS) is 12.8. The maximum absolute atomic E-state index is 8.85. The minimum absolute atomic E-state index is 0.311. The van der Waals surface area contributed by atoms with Gasteiger partial charge in [-0.05, 0) is 24.3 Å². The highest BCUT2D eigenvalue weighted by atomic mass is 16.3. The van der Waals surface area contributed by atoms with Crippen molar-refractivity contribution in [3.8, 4) is 0 Å². The van der Waals surface area contributed by atoms with E-state index in [0.717, 1.165) is 19.3 Å². The summed E-state index contributed by atoms with van der Waals surface area (Å²) in [5, 5.41) is 8.85. The van der Waals surface area contributed by atoms with Crippen molar-refractivity contribution in [2.45, 2.75) is 26.2 Å². The average molecular weight is 178 g/mol. The van der Waals surface area contributed by atoms with E-state index in [1.807, 2.05) is 6.07 Å². The number of benzene rings is 1. The predicted molar refractivity (Wildman–Crippen MR) is 55.6 cm³/mol. The molecule has 1 aromatic rings. The fourth-order valence-corrected chi connectivity index (χ4v) is 1.58. The van der Waals surface area contributed by atoms with Crippen LogP contribution >= 0.6 is 0 Å². The SMILES string of the molecule is CCC(CCO)Cc1ccccc1. The highest BCUT2D eigenvalue weighted by molar-refractivity contribution is 5.15. The molecule has 13 heavy (non-hydrogen) atoms. The van der Waals surface area contributed by atoms with E-state index >= 15 is 0 Å².